The first kappa shape index (κ1) is 12.8. The molecule has 0 aliphatic rings. The van der Waals surface area contributed by atoms with E-state index in [0.29, 0.717) is 12.0 Å². The summed E-state index contributed by atoms with van der Waals surface area (Å²) >= 11 is 0. The number of aryl methyl sites for hydroxylation is 2. The molecule has 2 rings (SSSR count). The lowest BCUT2D eigenvalue weighted by molar-refractivity contribution is 0.593. The molecule has 0 bridgehead atoms. The Hall–Kier alpha value is -1.67. The average Bonchev–Trinajstić information content (AvgIpc) is 2.35. The Morgan fingerprint density at radius 2 is 1.78 bits per heavy atom. The van der Waals surface area contributed by atoms with E-state index in [9.17, 15) is 4.39 Å². The number of hydrogen-bond acceptors (Lipinski definition) is 1. The molecule has 0 heterocycles. The minimum absolute atomic E-state index is 0.166. The molecule has 0 spiro atoms. The van der Waals surface area contributed by atoms with E-state index < -0.39 is 0 Å². The quantitative estimate of drug-likeness (QED) is 0.874. The fourth-order valence-corrected chi connectivity index (χ4v) is 2.01. The van der Waals surface area contributed by atoms with Crippen LogP contribution in [0.15, 0.2) is 42.5 Å². The molecule has 0 aliphatic carbocycles. The van der Waals surface area contributed by atoms with Crippen LogP contribution in [0.1, 0.15) is 28.3 Å². The minimum atomic E-state index is -0.184. The second-order valence-corrected chi connectivity index (χ2v) is 4.75. The lowest BCUT2D eigenvalue weighted by atomic mass is 9.96. The van der Waals surface area contributed by atoms with Crippen molar-refractivity contribution in [2.24, 2.45) is 5.73 Å². The summed E-state index contributed by atoms with van der Waals surface area (Å²) in [5.41, 5.74) is 10.3. The molecule has 18 heavy (non-hydrogen) atoms. The number of hydrogen-bond donors (Lipinski definition) is 1. The van der Waals surface area contributed by atoms with Crippen LogP contribution in [0.4, 0.5) is 4.39 Å². The summed E-state index contributed by atoms with van der Waals surface area (Å²) in [6, 6.07) is 12.8. The van der Waals surface area contributed by atoms with E-state index in [1.807, 2.05) is 12.1 Å². The standard InChI is InChI=1S/C16H18FN/c1-11-7-8-14(9-12(11)2)16(18)10-13-5-3-4-6-15(13)17/h3-9,16H,10,18H2,1-2H3. The van der Waals surface area contributed by atoms with E-state index in [4.69, 9.17) is 5.73 Å². The van der Waals surface area contributed by atoms with Crippen molar-refractivity contribution in [3.05, 3.63) is 70.5 Å². The van der Waals surface area contributed by atoms with Gasteiger partial charge in [0, 0.05) is 6.04 Å². The van der Waals surface area contributed by atoms with Gasteiger partial charge < -0.3 is 5.73 Å². The zero-order valence-electron chi connectivity index (χ0n) is 10.8. The minimum Gasteiger partial charge on any atom is -0.324 e. The summed E-state index contributed by atoms with van der Waals surface area (Å²) < 4.78 is 13.6. The molecule has 2 aromatic rings. The molecular weight excluding hydrogens is 225 g/mol. The largest absolute Gasteiger partial charge is 0.324 e. The first-order valence-electron chi connectivity index (χ1n) is 6.14. The molecule has 0 amide bonds. The van der Waals surface area contributed by atoms with Crippen LogP contribution in [0.5, 0.6) is 0 Å². The maximum absolute atomic E-state index is 13.6. The van der Waals surface area contributed by atoms with Gasteiger partial charge in [-0.2, -0.15) is 0 Å². The van der Waals surface area contributed by atoms with Crippen LogP contribution < -0.4 is 5.73 Å². The van der Waals surface area contributed by atoms with Crippen LogP contribution in [0.3, 0.4) is 0 Å². The highest BCUT2D eigenvalue weighted by atomic mass is 19.1. The summed E-state index contributed by atoms with van der Waals surface area (Å²) in [7, 11) is 0. The van der Waals surface area contributed by atoms with Gasteiger partial charge in [0.1, 0.15) is 5.82 Å². The second kappa shape index (κ2) is 5.32. The molecular formula is C16H18FN. The van der Waals surface area contributed by atoms with Gasteiger partial charge in [0.2, 0.25) is 0 Å². The lowest BCUT2D eigenvalue weighted by Crippen LogP contribution is -2.14. The average molecular weight is 243 g/mol. The summed E-state index contributed by atoms with van der Waals surface area (Å²) in [5.74, 6) is -0.184. The Bertz CT molecular complexity index is 549. The Balaban J connectivity index is 2.19. The van der Waals surface area contributed by atoms with Crippen molar-refractivity contribution in [3.63, 3.8) is 0 Å². The van der Waals surface area contributed by atoms with Crippen LogP contribution in [-0.2, 0) is 6.42 Å². The third-order valence-corrected chi connectivity index (χ3v) is 3.36. The van der Waals surface area contributed by atoms with Crippen LogP contribution >= 0.6 is 0 Å². The van der Waals surface area contributed by atoms with Crippen molar-refractivity contribution >= 4 is 0 Å². The monoisotopic (exact) mass is 243 g/mol. The summed E-state index contributed by atoms with van der Waals surface area (Å²) in [6.07, 6.45) is 0.523. The molecule has 0 aromatic heterocycles. The van der Waals surface area contributed by atoms with Gasteiger partial charge in [0.25, 0.3) is 0 Å². The van der Waals surface area contributed by atoms with Gasteiger partial charge >= 0.3 is 0 Å². The van der Waals surface area contributed by atoms with Crippen LogP contribution in [0.2, 0.25) is 0 Å². The molecule has 94 valence electrons. The van der Waals surface area contributed by atoms with Gasteiger partial charge in [0.05, 0.1) is 0 Å². The highest BCUT2D eigenvalue weighted by Crippen LogP contribution is 2.20. The second-order valence-electron chi connectivity index (χ2n) is 4.75. The van der Waals surface area contributed by atoms with E-state index in [-0.39, 0.29) is 11.9 Å². The maximum atomic E-state index is 13.6. The van der Waals surface area contributed by atoms with E-state index in [1.165, 1.54) is 17.2 Å². The molecule has 1 atom stereocenters. The van der Waals surface area contributed by atoms with E-state index >= 15 is 0 Å². The van der Waals surface area contributed by atoms with Crippen LogP contribution in [0, 0.1) is 19.7 Å². The van der Waals surface area contributed by atoms with Gasteiger partial charge in [-0.1, -0.05) is 36.4 Å². The van der Waals surface area contributed by atoms with Gasteiger partial charge in [0.15, 0.2) is 0 Å². The van der Waals surface area contributed by atoms with Crippen molar-refractivity contribution in [1.29, 1.82) is 0 Å². The first-order valence-corrected chi connectivity index (χ1v) is 6.14. The third kappa shape index (κ3) is 2.77. The molecule has 2 N–H and O–H groups in total. The van der Waals surface area contributed by atoms with Crippen molar-refractivity contribution in [3.8, 4) is 0 Å². The summed E-state index contributed by atoms with van der Waals surface area (Å²) in [4.78, 5) is 0. The SMILES string of the molecule is Cc1ccc(C(N)Cc2ccccc2F)cc1C. The molecule has 0 radical (unpaired) electrons. The van der Waals surface area contributed by atoms with Gasteiger partial charge in [-0.05, 0) is 48.6 Å². The lowest BCUT2D eigenvalue weighted by Gasteiger charge is -2.14. The predicted octanol–water partition coefficient (Wildman–Crippen LogP) is 3.69. The number of halogens is 1. The first-order chi connectivity index (χ1) is 8.58. The van der Waals surface area contributed by atoms with Crippen LogP contribution in [-0.4, -0.2) is 0 Å². The Morgan fingerprint density at radius 1 is 1.06 bits per heavy atom. The Kier molecular flexibility index (Phi) is 3.78. The number of nitrogens with two attached hydrogens (primary N) is 1. The molecule has 0 saturated heterocycles. The molecule has 2 heteroatoms. The zero-order chi connectivity index (χ0) is 13.1. The normalized spacial score (nSPS) is 12.4. The molecule has 1 unspecified atom stereocenters. The fraction of sp³-hybridized carbons (Fsp3) is 0.250. The number of benzene rings is 2. The Morgan fingerprint density at radius 3 is 2.44 bits per heavy atom. The van der Waals surface area contributed by atoms with Gasteiger partial charge in [-0.3, -0.25) is 0 Å². The highest BCUT2D eigenvalue weighted by molar-refractivity contribution is 5.32. The Labute approximate surface area is 107 Å². The molecule has 2 aromatic carbocycles. The summed E-state index contributed by atoms with van der Waals surface area (Å²) in [5, 5.41) is 0. The summed E-state index contributed by atoms with van der Waals surface area (Å²) in [6.45, 7) is 4.14. The van der Waals surface area contributed by atoms with E-state index in [1.54, 1.807) is 12.1 Å². The van der Waals surface area contributed by atoms with E-state index in [2.05, 4.69) is 26.0 Å². The van der Waals surface area contributed by atoms with Crippen molar-refractivity contribution in [2.75, 3.05) is 0 Å². The maximum Gasteiger partial charge on any atom is 0.126 e. The topological polar surface area (TPSA) is 26.0 Å². The van der Waals surface area contributed by atoms with Crippen molar-refractivity contribution < 1.29 is 4.39 Å². The van der Waals surface area contributed by atoms with Gasteiger partial charge in [-0.25, -0.2) is 4.39 Å². The number of rotatable bonds is 3. The van der Waals surface area contributed by atoms with Gasteiger partial charge in [-0.15, -0.1) is 0 Å². The van der Waals surface area contributed by atoms with Crippen LogP contribution in [0.25, 0.3) is 0 Å². The molecule has 0 saturated carbocycles. The highest BCUT2D eigenvalue weighted by Gasteiger charge is 2.10. The molecule has 0 fully saturated rings. The smallest absolute Gasteiger partial charge is 0.126 e. The van der Waals surface area contributed by atoms with Crippen molar-refractivity contribution in [1.82, 2.24) is 0 Å². The predicted molar refractivity (Wildman–Crippen MR) is 72.9 cm³/mol. The molecule has 1 nitrogen and oxygen atoms in total. The van der Waals surface area contributed by atoms with Crippen molar-refractivity contribution in [2.45, 2.75) is 26.3 Å². The fourth-order valence-electron chi connectivity index (χ4n) is 2.01. The third-order valence-electron chi connectivity index (χ3n) is 3.36. The zero-order valence-corrected chi connectivity index (χ0v) is 10.8. The van der Waals surface area contributed by atoms with E-state index in [0.717, 1.165) is 5.56 Å². The molecule has 0 aliphatic heterocycles.